The Kier molecular flexibility index (Phi) is 6.61. The molecule has 0 aliphatic carbocycles. The van der Waals surface area contributed by atoms with Crippen molar-refractivity contribution in [3.05, 3.63) is 43.0 Å². The van der Waals surface area contributed by atoms with E-state index in [9.17, 15) is 0 Å². The van der Waals surface area contributed by atoms with Gasteiger partial charge in [0.15, 0.2) is 0 Å². The lowest BCUT2D eigenvalue weighted by atomic mass is 10.1. The predicted molar refractivity (Wildman–Crippen MR) is 68.9 cm³/mol. The quantitative estimate of drug-likeness (QED) is 0.545. The number of halogens is 1. The lowest BCUT2D eigenvalue weighted by molar-refractivity contribution is -0.00000352. The van der Waals surface area contributed by atoms with Gasteiger partial charge in [0.1, 0.15) is 12.2 Å². The lowest BCUT2D eigenvalue weighted by Gasteiger charge is -2.34. The fourth-order valence-corrected chi connectivity index (χ4v) is 2.16. The molecular formula is C14H22BrN. The Morgan fingerprint density at radius 1 is 1.25 bits per heavy atom. The van der Waals surface area contributed by atoms with E-state index in [1.807, 2.05) is 6.08 Å². The van der Waals surface area contributed by atoms with Crippen LogP contribution in [0.4, 0.5) is 5.69 Å². The van der Waals surface area contributed by atoms with E-state index in [0.717, 1.165) is 17.6 Å². The van der Waals surface area contributed by atoms with Gasteiger partial charge in [0.2, 0.25) is 0 Å². The average molecular weight is 284 g/mol. The number of rotatable bonds is 5. The molecule has 0 aliphatic rings. The summed E-state index contributed by atoms with van der Waals surface area (Å²) in [7, 11) is 2.27. The van der Waals surface area contributed by atoms with Crippen LogP contribution in [0.5, 0.6) is 0 Å². The summed E-state index contributed by atoms with van der Waals surface area (Å²) in [6.45, 7) is 10.5. The molecule has 0 N–H and O–H groups in total. The fraction of sp³-hybridized carbons (Fsp3) is 0.429. The van der Waals surface area contributed by atoms with Gasteiger partial charge >= 0.3 is 0 Å². The Labute approximate surface area is 110 Å². The summed E-state index contributed by atoms with van der Waals surface area (Å²) in [6.07, 6.45) is 2.01. The van der Waals surface area contributed by atoms with E-state index in [1.54, 1.807) is 0 Å². The summed E-state index contributed by atoms with van der Waals surface area (Å²) in [5, 5.41) is 0. The summed E-state index contributed by atoms with van der Waals surface area (Å²) in [6, 6.07) is 10.7. The average Bonchev–Trinajstić information content (AvgIpc) is 2.18. The second-order valence-corrected chi connectivity index (χ2v) is 4.78. The van der Waals surface area contributed by atoms with Gasteiger partial charge in [-0.2, -0.15) is 0 Å². The number of hydrogen-bond donors (Lipinski definition) is 0. The van der Waals surface area contributed by atoms with Gasteiger partial charge in [-0.1, -0.05) is 38.6 Å². The number of nitrogens with zero attached hydrogens (tertiary/aromatic N) is 1. The second kappa shape index (κ2) is 6.87. The Hall–Kier alpha value is -0.600. The summed E-state index contributed by atoms with van der Waals surface area (Å²) in [5.41, 5.74) is 1.37. The highest BCUT2D eigenvalue weighted by Crippen LogP contribution is 2.22. The number of hydrogen-bond acceptors (Lipinski definition) is 0. The molecule has 1 nitrogen and oxygen atoms in total. The van der Waals surface area contributed by atoms with Gasteiger partial charge in [0.05, 0.1) is 13.6 Å². The van der Waals surface area contributed by atoms with E-state index in [0.29, 0.717) is 5.92 Å². The minimum atomic E-state index is 0. The van der Waals surface area contributed by atoms with Crippen molar-refractivity contribution in [1.29, 1.82) is 0 Å². The van der Waals surface area contributed by atoms with Crippen molar-refractivity contribution < 1.29 is 17.0 Å². The first-order chi connectivity index (χ1) is 7.08. The van der Waals surface area contributed by atoms with Crippen molar-refractivity contribution in [2.24, 2.45) is 5.92 Å². The summed E-state index contributed by atoms with van der Waals surface area (Å²) in [5.74, 6) is 0.690. The predicted octanol–water partition coefficient (Wildman–Crippen LogP) is 0.470. The van der Waals surface area contributed by atoms with Gasteiger partial charge in [0, 0.05) is 5.92 Å². The van der Waals surface area contributed by atoms with Crippen LogP contribution in [-0.4, -0.2) is 20.1 Å². The first-order valence-corrected chi connectivity index (χ1v) is 5.59. The summed E-state index contributed by atoms with van der Waals surface area (Å²) < 4.78 is 0.946. The highest BCUT2D eigenvalue weighted by Gasteiger charge is 2.24. The molecule has 0 fully saturated rings. The van der Waals surface area contributed by atoms with E-state index in [-0.39, 0.29) is 17.0 Å². The Morgan fingerprint density at radius 3 is 2.25 bits per heavy atom. The number of likely N-dealkylation sites (N-methyl/N-ethyl adjacent to an activating group) is 1. The molecule has 90 valence electrons. The molecule has 0 saturated heterocycles. The van der Waals surface area contributed by atoms with E-state index >= 15 is 0 Å². The van der Waals surface area contributed by atoms with Gasteiger partial charge < -0.3 is 17.0 Å². The molecule has 0 heterocycles. The molecule has 0 unspecified atom stereocenters. The maximum absolute atomic E-state index is 3.86. The molecule has 1 atom stereocenters. The Balaban J connectivity index is 0.00000225. The smallest absolute Gasteiger partial charge is 0.132 e. The number of quaternary nitrogens is 1. The number of para-hydroxylation sites is 1. The van der Waals surface area contributed by atoms with Gasteiger partial charge in [0.25, 0.3) is 0 Å². The first-order valence-electron chi connectivity index (χ1n) is 5.59. The van der Waals surface area contributed by atoms with Crippen LogP contribution in [-0.2, 0) is 0 Å². The van der Waals surface area contributed by atoms with Crippen LogP contribution in [0, 0.1) is 5.92 Å². The summed E-state index contributed by atoms with van der Waals surface area (Å²) in [4.78, 5) is 0. The molecule has 1 aromatic carbocycles. The fourth-order valence-electron chi connectivity index (χ4n) is 2.16. The molecule has 2 heteroatoms. The van der Waals surface area contributed by atoms with Crippen LogP contribution >= 0.6 is 0 Å². The molecule has 0 radical (unpaired) electrons. The highest BCUT2D eigenvalue weighted by molar-refractivity contribution is 5.42. The van der Waals surface area contributed by atoms with Crippen molar-refractivity contribution >= 4 is 5.69 Å². The zero-order valence-electron chi connectivity index (χ0n) is 10.5. The van der Waals surface area contributed by atoms with Crippen molar-refractivity contribution in [2.45, 2.75) is 13.8 Å². The van der Waals surface area contributed by atoms with Crippen molar-refractivity contribution in [2.75, 3.05) is 20.1 Å². The third-order valence-electron chi connectivity index (χ3n) is 2.68. The highest BCUT2D eigenvalue weighted by atomic mass is 79.9. The molecule has 0 aliphatic heterocycles. The molecule has 0 bridgehead atoms. The van der Waals surface area contributed by atoms with Crippen LogP contribution in [0.15, 0.2) is 43.0 Å². The Morgan fingerprint density at radius 2 is 1.81 bits per heavy atom. The van der Waals surface area contributed by atoms with Gasteiger partial charge in [-0.25, -0.2) is 0 Å². The monoisotopic (exact) mass is 283 g/mol. The molecule has 16 heavy (non-hydrogen) atoms. The summed E-state index contributed by atoms with van der Waals surface area (Å²) >= 11 is 0. The third-order valence-corrected chi connectivity index (χ3v) is 2.68. The second-order valence-electron chi connectivity index (χ2n) is 4.78. The van der Waals surface area contributed by atoms with Gasteiger partial charge in [-0.05, 0) is 18.2 Å². The van der Waals surface area contributed by atoms with Crippen LogP contribution in [0.2, 0.25) is 0 Å². The van der Waals surface area contributed by atoms with Crippen LogP contribution in [0.25, 0.3) is 0 Å². The van der Waals surface area contributed by atoms with Crippen LogP contribution in [0.3, 0.4) is 0 Å². The number of benzene rings is 1. The maximum Gasteiger partial charge on any atom is 0.132 e. The van der Waals surface area contributed by atoms with E-state index in [4.69, 9.17) is 0 Å². The maximum atomic E-state index is 3.86. The lowest BCUT2D eigenvalue weighted by Crippen LogP contribution is -3.00. The normalized spacial score (nSPS) is 14.0. The third kappa shape index (κ3) is 4.11. The molecule has 1 rings (SSSR count). The van der Waals surface area contributed by atoms with E-state index in [1.165, 1.54) is 5.69 Å². The van der Waals surface area contributed by atoms with Gasteiger partial charge in [-0.15, -0.1) is 0 Å². The van der Waals surface area contributed by atoms with Crippen molar-refractivity contribution in [1.82, 2.24) is 4.48 Å². The van der Waals surface area contributed by atoms with Crippen molar-refractivity contribution in [3.8, 4) is 0 Å². The molecule has 0 spiro atoms. The van der Waals surface area contributed by atoms with Gasteiger partial charge in [-0.3, -0.25) is 4.48 Å². The van der Waals surface area contributed by atoms with E-state index < -0.39 is 0 Å². The zero-order valence-corrected chi connectivity index (χ0v) is 12.1. The minimum Gasteiger partial charge on any atom is -1.00 e. The molecular weight excluding hydrogens is 262 g/mol. The van der Waals surface area contributed by atoms with Crippen molar-refractivity contribution in [3.63, 3.8) is 0 Å². The largest absolute Gasteiger partial charge is 1.00 e. The van der Waals surface area contributed by atoms with Crippen LogP contribution in [0.1, 0.15) is 13.8 Å². The topological polar surface area (TPSA) is 0 Å². The SMILES string of the molecule is C=CC[N@+](C)(CC(C)C)c1ccccc1.[Br-]. The first kappa shape index (κ1) is 15.4. The molecule has 0 amide bonds. The van der Waals surface area contributed by atoms with E-state index in [2.05, 4.69) is 57.8 Å². The van der Waals surface area contributed by atoms with Crippen LogP contribution < -0.4 is 21.5 Å². The molecule has 0 saturated carbocycles. The minimum absolute atomic E-state index is 0. The molecule has 1 aromatic rings. The standard InChI is InChI=1S/C14H22N.BrH/c1-5-11-15(4,12-13(2)3)14-9-7-6-8-10-14;/h5-10,13H,1,11-12H2,2-4H3;1H/q+1;/p-1/t15-;/m1./s1. The zero-order chi connectivity index (χ0) is 11.3. The Bertz CT molecular complexity index is 308. The molecule has 0 aromatic heterocycles.